The molecule has 0 spiro atoms. The highest BCUT2D eigenvalue weighted by Gasteiger charge is 2.19. The minimum atomic E-state index is -0.203. The van der Waals surface area contributed by atoms with Crippen LogP contribution in [0.4, 0.5) is 0 Å². The first-order valence-electron chi connectivity index (χ1n) is 9.05. The van der Waals surface area contributed by atoms with E-state index in [4.69, 9.17) is 4.52 Å². The molecule has 0 bridgehead atoms. The normalized spacial score (nSPS) is 11.1. The molecule has 5 rings (SSSR count). The van der Waals surface area contributed by atoms with E-state index in [0.717, 1.165) is 11.1 Å². The van der Waals surface area contributed by atoms with Gasteiger partial charge in [-0.15, -0.1) is 0 Å². The molecule has 3 heterocycles. The lowest BCUT2D eigenvalue weighted by atomic mass is 10.1. The predicted molar refractivity (Wildman–Crippen MR) is 109 cm³/mol. The minimum Gasteiger partial charge on any atom is -0.332 e. The molecule has 0 N–H and O–H groups in total. The number of benzene rings is 2. The number of hydrogen-bond acceptors (Lipinski definition) is 6. The Morgan fingerprint density at radius 1 is 0.931 bits per heavy atom. The van der Waals surface area contributed by atoms with Gasteiger partial charge in [0.2, 0.25) is 5.82 Å². The minimum absolute atomic E-state index is 0.203. The average Bonchev–Trinajstić information content (AvgIpc) is 3.26. The van der Waals surface area contributed by atoms with Gasteiger partial charge in [0.15, 0.2) is 5.69 Å². The molecule has 29 heavy (non-hydrogen) atoms. The predicted octanol–water partition coefficient (Wildman–Crippen LogP) is 3.81. The van der Waals surface area contributed by atoms with Crippen LogP contribution in [-0.4, -0.2) is 24.9 Å². The van der Waals surface area contributed by atoms with Crippen molar-refractivity contribution >= 4 is 10.8 Å². The molecule has 0 fully saturated rings. The van der Waals surface area contributed by atoms with Gasteiger partial charge in [0.25, 0.3) is 11.4 Å². The van der Waals surface area contributed by atoms with Gasteiger partial charge in [-0.05, 0) is 36.8 Å². The molecule has 7 nitrogen and oxygen atoms in total. The highest BCUT2D eigenvalue weighted by Crippen LogP contribution is 2.26. The monoisotopic (exact) mass is 381 g/mol. The molecule has 0 aliphatic rings. The fraction of sp³-hybridized carbons (Fsp3) is 0.0455. The zero-order valence-corrected chi connectivity index (χ0v) is 15.5. The molecule has 0 aliphatic heterocycles. The van der Waals surface area contributed by atoms with E-state index in [-0.39, 0.29) is 11.4 Å². The van der Waals surface area contributed by atoms with Gasteiger partial charge in [-0.2, -0.15) is 14.8 Å². The summed E-state index contributed by atoms with van der Waals surface area (Å²) in [6.07, 6.45) is 3.34. The quantitative estimate of drug-likeness (QED) is 0.472. The van der Waals surface area contributed by atoms with Gasteiger partial charge in [0.1, 0.15) is 0 Å². The maximum atomic E-state index is 13.1. The Morgan fingerprint density at radius 2 is 1.72 bits per heavy atom. The highest BCUT2D eigenvalue weighted by atomic mass is 16.5. The Hall–Kier alpha value is -4.13. The first-order valence-corrected chi connectivity index (χ1v) is 9.05. The van der Waals surface area contributed by atoms with E-state index in [1.54, 1.807) is 24.5 Å². The van der Waals surface area contributed by atoms with Gasteiger partial charge in [-0.25, -0.2) is 0 Å². The number of nitrogens with zero attached hydrogens (tertiary/aromatic N) is 5. The third-order valence-electron chi connectivity index (χ3n) is 4.70. The van der Waals surface area contributed by atoms with Gasteiger partial charge in [-0.3, -0.25) is 9.78 Å². The van der Waals surface area contributed by atoms with Crippen molar-refractivity contribution in [3.63, 3.8) is 0 Å². The van der Waals surface area contributed by atoms with Crippen molar-refractivity contribution in [3.05, 3.63) is 89.0 Å². The number of pyridine rings is 1. The smallest absolute Gasteiger partial charge is 0.279 e. The first-order chi connectivity index (χ1) is 14.2. The molecule has 7 heteroatoms. The molecule has 0 saturated carbocycles. The molecular formula is C22H15N5O2. The van der Waals surface area contributed by atoms with Gasteiger partial charge in [0.05, 0.1) is 11.1 Å². The summed E-state index contributed by atoms with van der Waals surface area (Å²) in [5.74, 6) is 0.648. The Labute approximate surface area is 165 Å². The summed E-state index contributed by atoms with van der Waals surface area (Å²) in [6, 6.07) is 18.5. The van der Waals surface area contributed by atoms with E-state index in [2.05, 4.69) is 20.2 Å². The maximum absolute atomic E-state index is 13.1. The third kappa shape index (κ3) is 2.89. The Kier molecular flexibility index (Phi) is 3.98. The van der Waals surface area contributed by atoms with E-state index in [1.807, 2.05) is 55.5 Å². The fourth-order valence-corrected chi connectivity index (χ4v) is 3.24. The van der Waals surface area contributed by atoms with Gasteiger partial charge in [-0.1, -0.05) is 41.6 Å². The topological polar surface area (TPSA) is 86.7 Å². The fourth-order valence-electron chi connectivity index (χ4n) is 3.24. The van der Waals surface area contributed by atoms with Crippen LogP contribution in [-0.2, 0) is 0 Å². The summed E-state index contributed by atoms with van der Waals surface area (Å²) < 4.78 is 6.90. The van der Waals surface area contributed by atoms with Crippen molar-refractivity contribution < 1.29 is 4.52 Å². The molecule has 140 valence electrons. The Bertz CT molecular complexity index is 1390. The lowest BCUT2D eigenvalue weighted by Gasteiger charge is -2.11. The number of fused-ring (bicyclic) bond motifs is 1. The van der Waals surface area contributed by atoms with Gasteiger partial charge in [0, 0.05) is 23.3 Å². The number of rotatable bonds is 3. The molecule has 3 aromatic heterocycles. The summed E-state index contributed by atoms with van der Waals surface area (Å²) in [6.45, 7) is 1.94. The van der Waals surface area contributed by atoms with E-state index in [0.29, 0.717) is 28.0 Å². The van der Waals surface area contributed by atoms with E-state index in [9.17, 15) is 4.79 Å². The molecule has 0 amide bonds. The number of hydrogen-bond donors (Lipinski definition) is 0. The second-order valence-electron chi connectivity index (χ2n) is 6.56. The Balaban J connectivity index is 1.77. The SMILES string of the molecule is Cc1ccccc1-n1nc(-c2nc(-c3cccnc3)no2)c2ccccc2c1=O. The van der Waals surface area contributed by atoms with E-state index in [1.165, 1.54) is 4.68 Å². The first kappa shape index (κ1) is 17.0. The lowest BCUT2D eigenvalue weighted by molar-refractivity contribution is 0.430. The van der Waals surface area contributed by atoms with E-state index >= 15 is 0 Å². The van der Waals surface area contributed by atoms with Crippen LogP contribution in [0.1, 0.15) is 5.56 Å². The molecule has 0 aliphatic carbocycles. The van der Waals surface area contributed by atoms with Crippen LogP contribution >= 0.6 is 0 Å². The van der Waals surface area contributed by atoms with Crippen molar-refractivity contribution in [1.82, 2.24) is 24.9 Å². The van der Waals surface area contributed by atoms with Crippen molar-refractivity contribution in [1.29, 1.82) is 0 Å². The van der Waals surface area contributed by atoms with Crippen LogP contribution in [0, 0.1) is 6.92 Å². The number of aryl methyl sites for hydroxylation is 1. The van der Waals surface area contributed by atoms with Crippen LogP contribution < -0.4 is 5.56 Å². The summed E-state index contributed by atoms with van der Waals surface area (Å²) in [5.41, 5.74) is 2.62. The van der Waals surface area contributed by atoms with Crippen molar-refractivity contribution in [3.8, 4) is 28.7 Å². The van der Waals surface area contributed by atoms with Crippen molar-refractivity contribution in [2.75, 3.05) is 0 Å². The summed E-state index contributed by atoms with van der Waals surface area (Å²) in [5, 5.41) is 9.85. The van der Waals surface area contributed by atoms with Gasteiger partial charge < -0.3 is 4.52 Å². The maximum Gasteiger partial charge on any atom is 0.279 e. The van der Waals surface area contributed by atoms with Crippen LogP contribution in [0.2, 0.25) is 0 Å². The van der Waals surface area contributed by atoms with Crippen LogP contribution in [0.15, 0.2) is 82.4 Å². The molecular weight excluding hydrogens is 366 g/mol. The second kappa shape index (κ2) is 6.79. The van der Waals surface area contributed by atoms with Crippen molar-refractivity contribution in [2.24, 2.45) is 0 Å². The van der Waals surface area contributed by atoms with Gasteiger partial charge >= 0.3 is 0 Å². The summed E-state index contributed by atoms with van der Waals surface area (Å²) in [4.78, 5) is 21.7. The molecule has 0 radical (unpaired) electrons. The zero-order chi connectivity index (χ0) is 19.8. The average molecular weight is 381 g/mol. The largest absolute Gasteiger partial charge is 0.332 e. The summed E-state index contributed by atoms with van der Waals surface area (Å²) >= 11 is 0. The lowest BCUT2D eigenvalue weighted by Crippen LogP contribution is -2.23. The highest BCUT2D eigenvalue weighted by molar-refractivity contribution is 5.92. The van der Waals surface area contributed by atoms with Crippen LogP contribution in [0.5, 0.6) is 0 Å². The molecule has 5 aromatic rings. The molecule has 0 saturated heterocycles. The number of aromatic nitrogens is 5. The second-order valence-corrected chi connectivity index (χ2v) is 6.56. The Morgan fingerprint density at radius 3 is 2.52 bits per heavy atom. The third-order valence-corrected chi connectivity index (χ3v) is 4.70. The molecule has 0 unspecified atom stereocenters. The molecule has 2 aromatic carbocycles. The van der Waals surface area contributed by atoms with Crippen LogP contribution in [0.25, 0.3) is 39.4 Å². The summed E-state index contributed by atoms with van der Waals surface area (Å²) in [7, 11) is 0. The van der Waals surface area contributed by atoms with Crippen molar-refractivity contribution in [2.45, 2.75) is 6.92 Å². The van der Waals surface area contributed by atoms with E-state index < -0.39 is 0 Å². The van der Waals surface area contributed by atoms with Crippen LogP contribution in [0.3, 0.4) is 0 Å². The number of para-hydroxylation sites is 1. The zero-order valence-electron chi connectivity index (χ0n) is 15.5. The molecule has 0 atom stereocenters. The standard InChI is InChI=1S/C22H15N5O2/c1-14-7-2-5-11-18(14)27-22(28)17-10-4-3-9-16(17)19(25-27)21-24-20(26-29-21)15-8-6-12-23-13-15/h2-13H,1H3.